The second kappa shape index (κ2) is 12.5. The van der Waals surface area contributed by atoms with Crippen molar-refractivity contribution < 1.29 is 27.5 Å². The standard InChI is InChI=1S/C29H29F3N6O4S/c1-3-34-28(41)37-24-10-18(26-36-23(15-43-26)29(30,31)32)20(12-35-24)17-5-6-22-19(9-17)25(39)21(27(40)42-4-2)14-38(22)13-16-7-8-33-11-16/h5-6,9-10,12,14-16,33H,3-4,7-8,11,13H2,1-2H3,(H2,34,35,37,41). The van der Waals surface area contributed by atoms with Crippen LogP contribution in [0.5, 0.6) is 0 Å². The number of pyridine rings is 2. The van der Waals surface area contributed by atoms with Crippen LogP contribution in [-0.4, -0.2) is 52.8 Å². The van der Waals surface area contributed by atoms with Crippen molar-refractivity contribution in [3.8, 4) is 21.7 Å². The van der Waals surface area contributed by atoms with E-state index in [1.54, 1.807) is 32.0 Å². The number of rotatable bonds is 8. The second-order valence-electron chi connectivity index (χ2n) is 9.97. The molecule has 43 heavy (non-hydrogen) atoms. The number of anilines is 1. The molecule has 2 amide bonds. The van der Waals surface area contributed by atoms with E-state index in [1.807, 2.05) is 4.57 Å². The third-order valence-corrected chi connectivity index (χ3v) is 7.89. The van der Waals surface area contributed by atoms with E-state index < -0.39 is 29.3 Å². The molecule has 5 rings (SSSR count). The van der Waals surface area contributed by atoms with Crippen molar-refractivity contribution in [3.05, 3.63) is 63.5 Å². The average Bonchev–Trinajstić information content (AvgIpc) is 3.67. The summed E-state index contributed by atoms with van der Waals surface area (Å²) in [6.45, 7) is 6.11. The summed E-state index contributed by atoms with van der Waals surface area (Å²) in [7, 11) is 0. The van der Waals surface area contributed by atoms with Gasteiger partial charge < -0.3 is 19.9 Å². The van der Waals surface area contributed by atoms with Crippen LogP contribution in [0.1, 0.15) is 36.3 Å². The number of alkyl halides is 3. The molecule has 4 aromatic rings. The molecule has 226 valence electrons. The molecule has 1 saturated heterocycles. The zero-order valence-electron chi connectivity index (χ0n) is 23.4. The highest BCUT2D eigenvalue weighted by Gasteiger charge is 2.34. The van der Waals surface area contributed by atoms with Crippen molar-refractivity contribution in [1.82, 2.24) is 25.2 Å². The second-order valence-corrected chi connectivity index (χ2v) is 10.8. The van der Waals surface area contributed by atoms with Crippen molar-refractivity contribution in [2.75, 3.05) is 31.6 Å². The van der Waals surface area contributed by atoms with E-state index in [2.05, 4.69) is 25.9 Å². The number of urea groups is 1. The third-order valence-electron chi connectivity index (χ3n) is 7.01. The van der Waals surface area contributed by atoms with Gasteiger partial charge in [-0.3, -0.25) is 10.1 Å². The third kappa shape index (κ3) is 6.54. The Morgan fingerprint density at radius 1 is 1.21 bits per heavy atom. The van der Waals surface area contributed by atoms with Gasteiger partial charge in [0.2, 0.25) is 5.43 Å². The van der Waals surface area contributed by atoms with E-state index in [9.17, 15) is 27.6 Å². The van der Waals surface area contributed by atoms with E-state index in [-0.39, 0.29) is 33.9 Å². The van der Waals surface area contributed by atoms with Crippen LogP contribution in [0.25, 0.3) is 32.6 Å². The maximum Gasteiger partial charge on any atom is 0.434 e. The Bertz CT molecular complexity index is 1730. The lowest BCUT2D eigenvalue weighted by molar-refractivity contribution is -0.140. The molecule has 0 radical (unpaired) electrons. The molecule has 1 aliphatic heterocycles. The molecule has 0 bridgehead atoms. The number of nitrogens with one attached hydrogen (secondary N) is 3. The predicted molar refractivity (Wildman–Crippen MR) is 157 cm³/mol. The number of carbonyl (C=O) groups is 2. The summed E-state index contributed by atoms with van der Waals surface area (Å²) in [6, 6.07) is 5.99. The van der Waals surface area contributed by atoms with Gasteiger partial charge in [0, 0.05) is 47.4 Å². The number of benzene rings is 1. The summed E-state index contributed by atoms with van der Waals surface area (Å²) in [5.41, 5.74) is 0.0671. The highest BCUT2D eigenvalue weighted by Crippen LogP contribution is 2.39. The molecule has 0 aliphatic carbocycles. The smallest absolute Gasteiger partial charge is 0.434 e. The molecule has 4 heterocycles. The highest BCUT2D eigenvalue weighted by atomic mass is 32.1. The van der Waals surface area contributed by atoms with Crippen molar-refractivity contribution in [2.24, 2.45) is 5.92 Å². The first-order valence-corrected chi connectivity index (χ1v) is 14.6. The Balaban J connectivity index is 1.67. The Morgan fingerprint density at radius 2 is 2.02 bits per heavy atom. The van der Waals surface area contributed by atoms with Gasteiger partial charge >= 0.3 is 18.2 Å². The largest absolute Gasteiger partial charge is 0.462 e. The molecule has 0 spiro atoms. The summed E-state index contributed by atoms with van der Waals surface area (Å²) in [4.78, 5) is 46.6. The number of thiazole rings is 1. The van der Waals surface area contributed by atoms with Gasteiger partial charge in [0.15, 0.2) is 5.69 Å². The fourth-order valence-corrected chi connectivity index (χ4v) is 5.85. The van der Waals surface area contributed by atoms with Gasteiger partial charge in [-0.05, 0) is 63.0 Å². The van der Waals surface area contributed by atoms with E-state index >= 15 is 0 Å². The lowest BCUT2D eigenvalue weighted by atomic mass is 9.99. The van der Waals surface area contributed by atoms with Crippen LogP contribution in [0, 0.1) is 5.92 Å². The van der Waals surface area contributed by atoms with Crippen LogP contribution in [-0.2, 0) is 17.5 Å². The van der Waals surface area contributed by atoms with Crippen LogP contribution < -0.4 is 21.4 Å². The van der Waals surface area contributed by atoms with Crippen molar-refractivity contribution in [1.29, 1.82) is 0 Å². The van der Waals surface area contributed by atoms with E-state index in [1.165, 1.54) is 18.5 Å². The number of ether oxygens (including phenoxy) is 1. The number of esters is 1. The molecule has 3 N–H and O–H groups in total. The molecule has 10 nitrogen and oxygen atoms in total. The Morgan fingerprint density at radius 3 is 2.70 bits per heavy atom. The maximum atomic E-state index is 13.6. The number of fused-ring (bicyclic) bond motifs is 1. The van der Waals surface area contributed by atoms with Crippen LogP contribution in [0.2, 0.25) is 0 Å². The Kier molecular flexibility index (Phi) is 8.78. The van der Waals surface area contributed by atoms with E-state index in [0.717, 1.165) is 36.2 Å². The first-order chi connectivity index (χ1) is 20.6. The van der Waals surface area contributed by atoms with Crippen molar-refractivity contribution in [3.63, 3.8) is 0 Å². The average molecular weight is 615 g/mol. The quantitative estimate of drug-likeness (QED) is 0.235. The van der Waals surface area contributed by atoms with Gasteiger partial charge in [-0.25, -0.2) is 19.6 Å². The summed E-state index contributed by atoms with van der Waals surface area (Å²) < 4.78 is 47.3. The number of halogens is 3. The Hall–Kier alpha value is -4.30. The molecular weight excluding hydrogens is 585 g/mol. The highest BCUT2D eigenvalue weighted by molar-refractivity contribution is 7.13. The Labute approximate surface area is 248 Å². The van der Waals surface area contributed by atoms with E-state index in [0.29, 0.717) is 35.7 Å². The van der Waals surface area contributed by atoms with Gasteiger partial charge in [-0.2, -0.15) is 13.2 Å². The number of aromatic nitrogens is 3. The fourth-order valence-electron chi connectivity index (χ4n) is 5.00. The normalized spacial score (nSPS) is 15.0. The van der Waals surface area contributed by atoms with Crippen LogP contribution in [0.15, 0.2) is 46.8 Å². The zero-order valence-corrected chi connectivity index (χ0v) is 24.2. The van der Waals surface area contributed by atoms with E-state index in [4.69, 9.17) is 4.74 Å². The van der Waals surface area contributed by atoms with Gasteiger partial charge in [-0.1, -0.05) is 6.07 Å². The van der Waals surface area contributed by atoms with Crippen molar-refractivity contribution >= 4 is 40.1 Å². The minimum Gasteiger partial charge on any atom is -0.462 e. The molecule has 1 aromatic carbocycles. The fraction of sp³-hybridized carbons (Fsp3) is 0.345. The summed E-state index contributed by atoms with van der Waals surface area (Å²) in [6.07, 6.45) is -0.759. The van der Waals surface area contributed by atoms with Gasteiger partial charge in [0.1, 0.15) is 16.4 Å². The minimum atomic E-state index is -4.64. The maximum absolute atomic E-state index is 13.6. The lowest BCUT2D eigenvalue weighted by Gasteiger charge is -2.17. The zero-order chi connectivity index (χ0) is 30.7. The van der Waals surface area contributed by atoms with Crippen LogP contribution >= 0.6 is 11.3 Å². The van der Waals surface area contributed by atoms with Crippen molar-refractivity contribution in [2.45, 2.75) is 33.0 Å². The van der Waals surface area contributed by atoms with Gasteiger partial charge in [0.25, 0.3) is 0 Å². The van der Waals surface area contributed by atoms with Crippen LogP contribution in [0.3, 0.4) is 0 Å². The molecule has 1 fully saturated rings. The number of amides is 2. The SMILES string of the molecule is CCNC(=O)Nc1cc(-c2nc(C(F)(F)F)cs2)c(-c2ccc3c(c2)c(=O)c(C(=O)OCC)cn3CC2CCNC2)cn1. The number of carbonyl (C=O) groups excluding carboxylic acids is 2. The number of nitrogens with zero attached hydrogens (tertiary/aromatic N) is 3. The minimum absolute atomic E-state index is 0.0511. The molecule has 14 heteroatoms. The lowest BCUT2D eigenvalue weighted by Crippen LogP contribution is -2.28. The first-order valence-electron chi connectivity index (χ1n) is 13.7. The molecule has 3 aromatic heterocycles. The molecular formula is C29H29F3N6O4S. The monoisotopic (exact) mass is 614 g/mol. The first kappa shape index (κ1) is 30.2. The summed E-state index contributed by atoms with van der Waals surface area (Å²) in [5.74, 6) is -0.330. The van der Waals surface area contributed by atoms with Gasteiger partial charge in [0.05, 0.1) is 12.1 Å². The van der Waals surface area contributed by atoms with Crippen LogP contribution in [0.4, 0.5) is 23.8 Å². The van der Waals surface area contributed by atoms with Gasteiger partial charge in [-0.15, -0.1) is 11.3 Å². The topological polar surface area (TPSA) is 127 Å². The number of hydrogen-bond donors (Lipinski definition) is 3. The summed E-state index contributed by atoms with van der Waals surface area (Å²) in [5, 5.41) is 9.67. The number of hydrogen-bond acceptors (Lipinski definition) is 8. The predicted octanol–water partition coefficient (Wildman–Crippen LogP) is 5.13. The molecule has 1 atom stereocenters. The molecule has 1 aliphatic rings. The molecule has 0 saturated carbocycles. The summed E-state index contributed by atoms with van der Waals surface area (Å²) >= 11 is 0.795. The molecule has 1 unspecified atom stereocenters.